The minimum absolute atomic E-state index is 0.309. The lowest BCUT2D eigenvalue weighted by Crippen LogP contribution is -1.94. The van der Waals surface area contributed by atoms with Crippen molar-refractivity contribution in [2.75, 3.05) is 11.6 Å². The largest absolute Gasteiger partial charge is 0.284 e. The van der Waals surface area contributed by atoms with Crippen molar-refractivity contribution in [2.24, 2.45) is 4.40 Å². The highest BCUT2D eigenvalue weighted by Gasteiger charge is 2.28. The predicted octanol–water partition coefficient (Wildman–Crippen LogP) is 2.50. The molecule has 0 unspecified atom stereocenters. The van der Waals surface area contributed by atoms with Crippen molar-refractivity contribution in [1.29, 1.82) is 0 Å². The van der Waals surface area contributed by atoms with Crippen molar-refractivity contribution in [3.63, 3.8) is 0 Å². The van der Waals surface area contributed by atoms with Gasteiger partial charge in [-0.25, -0.2) is 0 Å². The maximum absolute atomic E-state index is 11.7. The zero-order valence-electron chi connectivity index (χ0n) is 8.39. The Balaban J connectivity index is 2.29. The fraction of sp³-hybridized carbons (Fsp3) is 0.300. The van der Waals surface area contributed by atoms with E-state index >= 15 is 0 Å². The monoisotopic (exact) mass is 275 g/mol. The standard InChI is InChI=1S/C10H10ClNO2S2/c11-6-3-7-15-10-8-4-1-2-5-9(8)16(13,14)12-10/h1-2,4-5H,3,6-7H2. The first-order chi connectivity index (χ1) is 7.65. The van der Waals surface area contributed by atoms with Gasteiger partial charge in [-0.15, -0.1) is 23.4 Å². The van der Waals surface area contributed by atoms with Crippen molar-refractivity contribution in [1.82, 2.24) is 0 Å². The van der Waals surface area contributed by atoms with Crippen LogP contribution in [0.2, 0.25) is 0 Å². The van der Waals surface area contributed by atoms with Crippen molar-refractivity contribution < 1.29 is 8.42 Å². The van der Waals surface area contributed by atoms with Crippen molar-refractivity contribution in [3.8, 4) is 0 Å². The molecule has 0 atom stereocenters. The number of thioether (sulfide) groups is 1. The fourth-order valence-corrected chi connectivity index (χ4v) is 4.19. The van der Waals surface area contributed by atoms with Gasteiger partial charge in [0.1, 0.15) is 5.04 Å². The lowest BCUT2D eigenvalue weighted by molar-refractivity contribution is 0.599. The van der Waals surface area contributed by atoms with Crippen LogP contribution in [0.25, 0.3) is 0 Å². The number of fused-ring (bicyclic) bond motifs is 1. The number of alkyl halides is 1. The summed E-state index contributed by atoms with van der Waals surface area (Å²) in [6, 6.07) is 6.89. The lowest BCUT2D eigenvalue weighted by Gasteiger charge is -1.99. The Labute approximate surface area is 104 Å². The Hall–Kier alpha value is -0.520. The summed E-state index contributed by atoms with van der Waals surface area (Å²) in [5.74, 6) is 1.36. The van der Waals surface area contributed by atoms with Crippen LogP contribution >= 0.6 is 23.4 Å². The van der Waals surface area contributed by atoms with Crippen molar-refractivity contribution in [3.05, 3.63) is 29.8 Å². The molecule has 1 aliphatic heterocycles. The first-order valence-corrected chi connectivity index (χ1v) is 7.74. The van der Waals surface area contributed by atoms with Crippen LogP contribution in [0, 0.1) is 0 Å². The molecule has 0 N–H and O–H groups in total. The van der Waals surface area contributed by atoms with E-state index in [1.807, 2.05) is 6.07 Å². The summed E-state index contributed by atoms with van der Waals surface area (Å²) in [5.41, 5.74) is 0.710. The summed E-state index contributed by atoms with van der Waals surface area (Å²) >= 11 is 7.01. The molecule has 1 aromatic rings. The summed E-state index contributed by atoms with van der Waals surface area (Å²) < 4.78 is 27.1. The van der Waals surface area contributed by atoms with Gasteiger partial charge in [0.15, 0.2) is 0 Å². The van der Waals surface area contributed by atoms with E-state index in [9.17, 15) is 8.42 Å². The van der Waals surface area contributed by atoms with E-state index < -0.39 is 10.0 Å². The Bertz CT molecular complexity index is 525. The second kappa shape index (κ2) is 4.77. The van der Waals surface area contributed by atoms with Crippen LogP contribution in [0.3, 0.4) is 0 Å². The molecule has 6 heteroatoms. The quantitative estimate of drug-likeness (QED) is 0.629. The van der Waals surface area contributed by atoms with E-state index in [1.165, 1.54) is 11.8 Å². The van der Waals surface area contributed by atoms with Gasteiger partial charge in [0.2, 0.25) is 0 Å². The van der Waals surface area contributed by atoms with Gasteiger partial charge in [-0.3, -0.25) is 0 Å². The summed E-state index contributed by atoms with van der Waals surface area (Å²) in [7, 11) is -3.46. The molecule has 16 heavy (non-hydrogen) atoms. The van der Waals surface area contributed by atoms with Gasteiger partial charge in [0.25, 0.3) is 10.0 Å². The molecule has 0 bridgehead atoms. The second-order valence-corrected chi connectivity index (χ2v) is 6.29. The minimum Gasteiger partial charge on any atom is -0.199 e. The molecule has 3 nitrogen and oxygen atoms in total. The fourth-order valence-electron chi connectivity index (χ4n) is 1.40. The van der Waals surface area contributed by atoms with Gasteiger partial charge in [-0.05, 0) is 12.5 Å². The van der Waals surface area contributed by atoms with Gasteiger partial charge in [0.05, 0.1) is 4.90 Å². The highest BCUT2D eigenvalue weighted by Crippen LogP contribution is 2.30. The number of hydrogen-bond acceptors (Lipinski definition) is 3. The van der Waals surface area contributed by atoms with E-state index in [0.29, 0.717) is 21.4 Å². The van der Waals surface area contributed by atoms with Crippen LogP contribution in [-0.2, 0) is 10.0 Å². The highest BCUT2D eigenvalue weighted by atomic mass is 35.5. The topological polar surface area (TPSA) is 46.5 Å². The molecule has 1 heterocycles. The molecule has 0 aromatic heterocycles. The summed E-state index contributed by atoms with van der Waals surface area (Å²) in [6.07, 6.45) is 0.841. The average molecular weight is 276 g/mol. The zero-order chi connectivity index (χ0) is 11.6. The number of sulfonamides is 1. The summed E-state index contributed by atoms with van der Waals surface area (Å²) in [4.78, 5) is 0.309. The first-order valence-electron chi connectivity index (χ1n) is 4.78. The van der Waals surface area contributed by atoms with Gasteiger partial charge in [0, 0.05) is 17.2 Å². The Morgan fingerprint density at radius 1 is 1.31 bits per heavy atom. The van der Waals surface area contributed by atoms with Crippen LogP contribution < -0.4 is 0 Å². The number of hydrogen-bond donors (Lipinski definition) is 0. The first kappa shape index (κ1) is 12.0. The molecule has 0 spiro atoms. The van der Waals surface area contributed by atoms with E-state index in [2.05, 4.69) is 4.40 Å². The minimum atomic E-state index is -3.46. The predicted molar refractivity (Wildman–Crippen MR) is 68.0 cm³/mol. The molecule has 0 aliphatic carbocycles. The Morgan fingerprint density at radius 3 is 2.81 bits per heavy atom. The molecular weight excluding hydrogens is 266 g/mol. The number of benzene rings is 1. The van der Waals surface area contributed by atoms with Gasteiger partial charge in [-0.2, -0.15) is 12.8 Å². The zero-order valence-corrected chi connectivity index (χ0v) is 10.8. The van der Waals surface area contributed by atoms with Crippen LogP contribution in [0.15, 0.2) is 33.6 Å². The molecule has 0 saturated carbocycles. The van der Waals surface area contributed by atoms with Gasteiger partial charge < -0.3 is 0 Å². The van der Waals surface area contributed by atoms with Gasteiger partial charge >= 0.3 is 0 Å². The number of halogens is 1. The molecule has 0 fully saturated rings. The highest BCUT2D eigenvalue weighted by molar-refractivity contribution is 8.15. The third kappa shape index (κ3) is 2.26. The van der Waals surface area contributed by atoms with E-state index in [4.69, 9.17) is 11.6 Å². The molecule has 0 amide bonds. The van der Waals surface area contributed by atoms with E-state index in [1.54, 1.807) is 18.2 Å². The smallest absolute Gasteiger partial charge is 0.199 e. The Morgan fingerprint density at radius 2 is 2.06 bits per heavy atom. The molecular formula is C10H10ClNO2S2. The molecule has 1 aliphatic rings. The molecule has 0 saturated heterocycles. The second-order valence-electron chi connectivity index (χ2n) is 3.26. The van der Waals surface area contributed by atoms with Crippen LogP contribution in [-0.4, -0.2) is 25.1 Å². The number of rotatable bonds is 3. The molecule has 2 rings (SSSR count). The van der Waals surface area contributed by atoms with Crippen LogP contribution in [0.1, 0.15) is 12.0 Å². The van der Waals surface area contributed by atoms with Crippen molar-refractivity contribution in [2.45, 2.75) is 11.3 Å². The van der Waals surface area contributed by atoms with Gasteiger partial charge in [-0.1, -0.05) is 18.2 Å². The molecule has 1 aromatic carbocycles. The van der Waals surface area contributed by atoms with Crippen molar-refractivity contribution >= 4 is 38.4 Å². The summed E-state index contributed by atoms with van der Waals surface area (Å²) in [5, 5.41) is 0.584. The SMILES string of the molecule is O=S1(=O)N=C(SCCCCl)c2ccccc21. The average Bonchev–Trinajstić information content (AvgIpc) is 2.52. The summed E-state index contributed by atoms with van der Waals surface area (Å²) in [6.45, 7) is 0. The lowest BCUT2D eigenvalue weighted by atomic mass is 10.2. The Kier molecular flexibility index (Phi) is 3.56. The normalized spacial score (nSPS) is 16.9. The van der Waals surface area contributed by atoms with Crippen LogP contribution in [0.5, 0.6) is 0 Å². The maximum Gasteiger partial charge on any atom is 0.284 e. The number of nitrogens with zero attached hydrogens (tertiary/aromatic N) is 1. The third-order valence-corrected chi connectivity index (χ3v) is 4.91. The van der Waals surface area contributed by atoms with E-state index in [0.717, 1.165) is 12.2 Å². The molecule has 0 radical (unpaired) electrons. The third-order valence-electron chi connectivity index (χ3n) is 2.12. The maximum atomic E-state index is 11.7. The van der Waals surface area contributed by atoms with E-state index in [-0.39, 0.29) is 0 Å². The van der Waals surface area contributed by atoms with Crippen LogP contribution in [0.4, 0.5) is 0 Å². The molecule has 86 valence electrons.